The first-order valence-electron chi connectivity index (χ1n) is 8.25. The van der Waals surface area contributed by atoms with Gasteiger partial charge in [-0.1, -0.05) is 6.92 Å². The topological polar surface area (TPSA) is 78.1 Å². The molecule has 1 aliphatic rings. The van der Waals surface area contributed by atoms with E-state index in [4.69, 9.17) is 0 Å². The van der Waals surface area contributed by atoms with E-state index in [9.17, 15) is 14.0 Å². The van der Waals surface area contributed by atoms with Crippen molar-refractivity contribution in [3.05, 3.63) is 53.1 Å². The molecule has 1 aromatic heterocycles. The zero-order chi connectivity index (χ0) is 18.0. The molecular formula is C18H21FN4O2. The molecule has 25 heavy (non-hydrogen) atoms. The molecule has 0 spiro atoms. The van der Waals surface area contributed by atoms with Gasteiger partial charge in [-0.15, -0.1) is 0 Å². The third-order valence-corrected chi connectivity index (χ3v) is 4.79. The summed E-state index contributed by atoms with van der Waals surface area (Å²) in [5.74, 6) is -0.702. The number of likely N-dealkylation sites (tertiary alicyclic amines) is 1. The van der Waals surface area contributed by atoms with Crippen LogP contribution in [0, 0.1) is 5.82 Å². The fourth-order valence-corrected chi connectivity index (χ4v) is 3.44. The predicted octanol–water partition coefficient (Wildman–Crippen LogP) is 2.10. The SMILES string of the molecule is CNC(=O)c1cn[nH]c1C1(C)CCCN(C(=O)c2ccc(F)cc2)C1. The predicted molar refractivity (Wildman–Crippen MR) is 90.9 cm³/mol. The van der Waals surface area contributed by atoms with Gasteiger partial charge in [0.15, 0.2) is 0 Å². The summed E-state index contributed by atoms with van der Waals surface area (Å²) in [6, 6.07) is 5.56. The van der Waals surface area contributed by atoms with E-state index in [1.165, 1.54) is 30.5 Å². The van der Waals surface area contributed by atoms with Gasteiger partial charge in [0.25, 0.3) is 11.8 Å². The van der Waals surface area contributed by atoms with Gasteiger partial charge in [-0.2, -0.15) is 5.10 Å². The number of carbonyl (C=O) groups is 2. The highest BCUT2D eigenvalue weighted by atomic mass is 19.1. The molecule has 0 saturated carbocycles. The molecule has 0 bridgehead atoms. The Morgan fingerprint density at radius 3 is 2.72 bits per heavy atom. The number of benzene rings is 1. The van der Waals surface area contributed by atoms with Gasteiger partial charge in [-0.25, -0.2) is 4.39 Å². The molecule has 2 aromatic rings. The molecule has 132 valence electrons. The number of amides is 2. The lowest BCUT2D eigenvalue weighted by molar-refractivity contribution is 0.0647. The van der Waals surface area contributed by atoms with E-state index in [2.05, 4.69) is 15.5 Å². The summed E-state index contributed by atoms with van der Waals surface area (Å²) in [7, 11) is 1.58. The van der Waals surface area contributed by atoms with Crippen LogP contribution in [0.15, 0.2) is 30.5 Å². The van der Waals surface area contributed by atoms with Gasteiger partial charge in [0.05, 0.1) is 17.5 Å². The minimum Gasteiger partial charge on any atom is -0.355 e. The van der Waals surface area contributed by atoms with Crippen LogP contribution >= 0.6 is 0 Å². The first-order chi connectivity index (χ1) is 11.9. The third-order valence-electron chi connectivity index (χ3n) is 4.79. The van der Waals surface area contributed by atoms with E-state index >= 15 is 0 Å². The van der Waals surface area contributed by atoms with Crippen LogP contribution in [0.3, 0.4) is 0 Å². The van der Waals surface area contributed by atoms with Crippen LogP contribution < -0.4 is 5.32 Å². The lowest BCUT2D eigenvalue weighted by Crippen LogP contribution is -2.48. The summed E-state index contributed by atoms with van der Waals surface area (Å²) in [5, 5.41) is 9.57. The van der Waals surface area contributed by atoms with Crippen molar-refractivity contribution in [1.82, 2.24) is 20.4 Å². The Morgan fingerprint density at radius 1 is 1.32 bits per heavy atom. The molecule has 2 heterocycles. The zero-order valence-corrected chi connectivity index (χ0v) is 14.3. The Bertz CT molecular complexity index is 787. The molecule has 0 radical (unpaired) electrons. The Kier molecular flexibility index (Phi) is 4.57. The van der Waals surface area contributed by atoms with Gasteiger partial charge in [0.1, 0.15) is 5.82 Å². The molecule has 1 fully saturated rings. The van der Waals surface area contributed by atoms with Crippen molar-refractivity contribution in [2.45, 2.75) is 25.2 Å². The largest absolute Gasteiger partial charge is 0.355 e. The number of H-pyrrole nitrogens is 1. The van der Waals surface area contributed by atoms with Crippen LogP contribution in [0.1, 0.15) is 46.2 Å². The number of aromatic amines is 1. The second kappa shape index (κ2) is 6.66. The molecular weight excluding hydrogens is 323 g/mol. The Hall–Kier alpha value is -2.70. The first-order valence-corrected chi connectivity index (χ1v) is 8.25. The minimum absolute atomic E-state index is 0.132. The highest BCUT2D eigenvalue weighted by Gasteiger charge is 2.38. The second-order valence-corrected chi connectivity index (χ2v) is 6.64. The smallest absolute Gasteiger partial charge is 0.254 e. The summed E-state index contributed by atoms with van der Waals surface area (Å²) in [5.41, 5.74) is 1.30. The number of rotatable bonds is 3. The number of halogens is 1. The summed E-state index contributed by atoms with van der Waals surface area (Å²) in [6.45, 7) is 3.13. The minimum atomic E-state index is -0.397. The fraction of sp³-hybridized carbons (Fsp3) is 0.389. The van der Waals surface area contributed by atoms with Gasteiger partial charge < -0.3 is 10.2 Å². The highest BCUT2D eigenvalue weighted by molar-refractivity contribution is 5.96. The number of hydrogen-bond donors (Lipinski definition) is 2. The lowest BCUT2D eigenvalue weighted by atomic mass is 9.77. The first kappa shape index (κ1) is 17.1. The molecule has 1 aliphatic heterocycles. The molecule has 1 saturated heterocycles. The molecule has 2 amide bonds. The Morgan fingerprint density at radius 2 is 2.04 bits per heavy atom. The van der Waals surface area contributed by atoms with Gasteiger partial charge in [-0.05, 0) is 37.1 Å². The average Bonchev–Trinajstić information content (AvgIpc) is 3.12. The van der Waals surface area contributed by atoms with Crippen LogP contribution in [0.5, 0.6) is 0 Å². The van der Waals surface area contributed by atoms with E-state index in [0.717, 1.165) is 18.5 Å². The van der Waals surface area contributed by atoms with Crippen LogP contribution in [0.25, 0.3) is 0 Å². The van der Waals surface area contributed by atoms with E-state index in [-0.39, 0.29) is 17.6 Å². The van der Waals surface area contributed by atoms with Crippen molar-refractivity contribution in [2.75, 3.05) is 20.1 Å². The lowest BCUT2D eigenvalue weighted by Gasteiger charge is -2.40. The number of piperidine rings is 1. The average molecular weight is 344 g/mol. The van der Waals surface area contributed by atoms with E-state index in [1.807, 2.05) is 6.92 Å². The summed E-state index contributed by atoms with van der Waals surface area (Å²) < 4.78 is 13.1. The molecule has 2 N–H and O–H groups in total. The summed E-state index contributed by atoms with van der Waals surface area (Å²) in [4.78, 5) is 26.6. The van der Waals surface area contributed by atoms with Gasteiger partial charge in [-0.3, -0.25) is 14.7 Å². The molecule has 6 nitrogen and oxygen atoms in total. The molecule has 1 aromatic carbocycles. The number of nitrogens with zero attached hydrogens (tertiary/aromatic N) is 2. The monoisotopic (exact) mass is 344 g/mol. The maximum absolute atomic E-state index is 13.1. The van der Waals surface area contributed by atoms with Gasteiger partial charge in [0.2, 0.25) is 0 Å². The molecule has 3 rings (SSSR count). The number of aromatic nitrogens is 2. The molecule has 1 unspecified atom stereocenters. The summed E-state index contributed by atoms with van der Waals surface area (Å²) in [6.07, 6.45) is 3.17. The zero-order valence-electron chi connectivity index (χ0n) is 14.3. The van der Waals surface area contributed by atoms with Crippen LogP contribution in [-0.2, 0) is 5.41 Å². The Balaban J connectivity index is 1.85. The maximum Gasteiger partial charge on any atom is 0.254 e. The maximum atomic E-state index is 13.1. The number of nitrogens with one attached hydrogen (secondary N) is 2. The summed E-state index contributed by atoms with van der Waals surface area (Å²) >= 11 is 0. The fourth-order valence-electron chi connectivity index (χ4n) is 3.44. The van der Waals surface area contributed by atoms with Crippen molar-refractivity contribution >= 4 is 11.8 Å². The van der Waals surface area contributed by atoms with Crippen molar-refractivity contribution in [2.24, 2.45) is 0 Å². The Labute approximate surface area is 145 Å². The van der Waals surface area contributed by atoms with Crippen molar-refractivity contribution in [1.29, 1.82) is 0 Å². The molecule has 7 heteroatoms. The van der Waals surface area contributed by atoms with E-state index in [0.29, 0.717) is 24.2 Å². The normalized spacial score (nSPS) is 20.4. The van der Waals surface area contributed by atoms with Crippen LogP contribution in [0.2, 0.25) is 0 Å². The standard InChI is InChI=1S/C18H21FN4O2/c1-18(15-14(10-21-22-15)16(24)20-2)8-3-9-23(11-18)17(25)12-4-6-13(19)7-5-12/h4-7,10H,3,8-9,11H2,1-2H3,(H,20,24)(H,21,22). The van der Waals surface area contributed by atoms with Gasteiger partial charge in [0, 0.05) is 31.1 Å². The van der Waals surface area contributed by atoms with Gasteiger partial charge >= 0.3 is 0 Å². The van der Waals surface area contributed by atoms with Crippen molar-refractivity contribution in [3.8, 4) is 0 Å². The van der Waals surface area contributed by atoms with E-state index < -0.39 is 5.41 Å². The highest BCUT2D eigenvalue weighted by Crippen LogP contribution is 2.34. The molecule has 1 atom stereocenters. The van der Waals surface area contributed by atoms with Crippen molar-refractivity contribution < 1.29 is 14.0 Å². The second-order valence-electron chi connectivity index (χ2n) is 6.64. The molecule has 0 aliphatic carbocycles. The van der Waals surface area contributed by atoms with Crippen LogP contribution in [0.4, 0.5) is 4.39 Å². The number of hydrogen-bond acceptors (Lipinski definition) is 3. The van der Waals surface area contributed by atoms with Crippen molar-refractivity contribution in [3.63, 3.8) is 0 Å². The van der Waals surface area contributed by atoms with Crippen LogP contribution in [-0.4, -0.2) is 47.0 Å². The third kappa shape index (κ3) is 3.26. The number of carbonyl (C=O) groups excluding carboxylic acids is 2. The van der Waals surface area contributed by atoms with E-state index in [1.54, 1.807) is 11.9 Å². The quantitative estimate of drug-likeness (QED) is 0.895.